The van der Waals surface area contributed by atoms with Crippen LogP contribution in [0.4, 0.5) is 4.39 Å². The van der Waals surface area contributed by atoms with Crippen molar-refractivity contribution in [3.63, 3.8) is 0 Å². The zero-order valence-electron chi connectivity index (χ0n) is 19.1. The molecule has 2 N–H and O–H groups in total. The number of aromatic nitrogens is 1. The maximum absolute atomic E-state index is 13.5. The molecule has 33 heavy (non-hydrogen) atoms. The Bertz CT molecular complexity index is 850. The zero-order valence-corrected chi connectivity index (χ0v) is 21.5. The van der Waals surface area contributed by atoms with Crippen LogP contribution < -0.4 is 15.4 Å². The van der Waals surface area contributed by atoms with Gasteiger partial charge in [-0.1, -0.05) is 18.2 Å². The lowest BCUT2D eigenvalue weighted by Gasteiger charge is -2.35. The summed E-state index contributed by atoms with van der Waals surface area (Å²) in [5, 5.41) is 6.72. The lowest BCUT2D eigenvalue weighted by molar-refractivity contribution is 0.0170. The molecule has 1 unspecified atom stereocenters. The number of halogens is 2. The molecular formula is C23H33FIN5O3. The largest absolute Gasteiger partial charge is 0.475 e. The molecule has 2 aromatic rings. The van der Waals surface area contributed by atoms with Crippen LogP contribution in [0.1, 0.15) is 17.2 Å². The third-order valence-electron chi connectivity index (χ3n) is 5.25. The summed E-state index contributed by atoms with van der Waals surface area (Å²) in [7, 11) is 3.37. The van der Waals surface area contributed by atoms with Crippen molar-refractivity contribution in [3.05, 3.63) is 59.5 Å². The molecule has 2 heterocycles. The van der Waals surface area contributed by atoms with Gasteiger partial charge in [-0.25, -0.2) is 9.37 Å². The molecule has 1 aliphatic heterocycles. The lowest BCUT2D eigenvalue weighted by Crippen LogP contribution is -2.46. The minimum Gasteiger partial charge on any atom is -0.475 e. The smallest absolute Gasteiger partial charge is 0.218 e. The highest BCUT2D eigenvalue weighted by molar-refractivity contribution is 14.0. The van der Waals surface area contributed by atoms with Gasteiger partial charge in [-0.05, 0) is 23.8 Å². The van der Waals surface area contributed by atoms with Gasteiger partial charge in [-0.3, -0.25) is 9.89 Å². The Balaban J connectivity index is 0.00000385. The summed E-state index contributed by atoms with van der Waals surface area (Å²) >= 11 is 0. The molecule has 0 saturated carbocycles. The molecule has 1 aliphatic rings. The predicted octanol–water partition coefficient (Wildman–Crippen LogP) is 2.60. The average Bonchev–Trinajstić information content (AvgIpc) is 2.84. The highest BCUT2D eigenvalue weighted by Gasteiger charge is 2.23. The Kier molecular flexibility index (Phi) is 12.4. The highest BCUT2D eigenvalue weighted by atomic mass is 127. The number of pyridine rings is 1. The number of benzene rings is 1. The molecule has 0 spiro atoms. The standard InChI is InChI=1S/C23H32FN5O3.HI/c1-25-23(27-16-19-4-3-9-26-22(19)32-15-14-30-2)28-17-21(29-10-12-31-13-11-29)18-5-7-20(24)8-6-18;/h3-9,21H,10-17H2,1-2H3,(H2,25,27,28);1H. The predicted molar refractivity (Wildman–Crippen MR) is 137 cm³/mol. The monoisotopic (exact) mass is 573 g/mol. The molecule has 10 heteroatoms. The van der Waals surface area contributed by atoms with Gasteiger partial charge in [-0.15, -0.1) is 24.0 Å². The van der Waals surface area contributed by atoms with Gasteiger partial charge in [0.15, 0.2) is 5.96 Å². The van der Waals surface area contributed by atoms with Crippen LogP contribution in [0.15, 0.2) is 47.6 Å². The molecule has 182 valence electrons. The van der Waals surface area contributed by atoms with E-state index in [1.165, 1.54) is 12.1 Å². The molecule has 1 aromatic heterocycles. The quantitative estimate of drug-likeness (QED) is 0.196. The van der Waals surface area contributed by atoms with Crippen LogP contribution in [-0.4, -0.2) is 76.1 Å². The van der Waals surface area contributed by atoms with E-state index in [0.717, 1.165) is 24.2 Å². The van der Waals surface area contributed by atoms with Crippen molar-refractivity contribution in [2.75, 3.05) is 60.2 Å². The van der Waals surface area contributed by atoms with Gasteiger partial charge >= 0.3 is 0 Å². The number of morpholine rings is 1. The number of hydrogen-bond donors (Lipinski definition) is 2. The van der Waals surface area contributed by atoms with Crippen molar-refractivity contribution < 1.29 is 18.6 Å². The van der Waals surface area contributed by atoms with E-state index < -0.39 is 0 Å². The van der Waals surface area contributed by atoms with Crippen LogP contribution in [0.2, 0.25) is 0 Å². The second-order valence-corrected chi connectivity index (χ2v) is 7.33. The molecule has 1 atom stereocenters. The van der Waals surface area contributed by atoms with Gasteiger partial charge in [-0.2, -0.15) is 0 Å². The number of rotatable bonds is 10. The van der Waals surface area contributed by atoms with E-state index in [-0.39, 0.29) is 35.8 Å². The van der Waals surface area contributed by atoms with Gasteiger partial charge < -0.3 is 24.8 Å². The summed E-state index contributed by atoms with van der Waals surface area (Å²) in [6, 6.07) is 10.6. The number of guanidine groups is 1. The number of hydrogen-bond acceptors (Lipinski definition) is 6. The Hall–Kier alpha value is -2.02. The van der Waals surface area contributed by atoms with E-state index in [0.29, 0.717) is 51.4 Å². The molecule has 0 aliphatic carbocycles. The lowest BCUT2D eigenvalue weighted by atomic mass is 10.0. The molecule has 1 saturated heterocycles. The minimum absolute atomic E-state index is 0. The Morgan fingerprint density at radius 3 is 2.64 bits per heavy atom. The third kappa shape index (κ3) is 8.69. The molecular weight excluding hydrogens is 540 g/mol. The second kappa shape index (κ2) is 15.0. The maximum atomic E-state index is 13.5. The van der Waals surface area contributed by atoms with Crippen LogP contribution in [0.5, 0.6) is 5.88 Å². The number of nitrogens with zero attached hydrogens (tertiary/aromatic N) is 3. The van der Waals surface area contributed by atoms with Crippen LogP contribution in [0.25, 0.3) is 0 Å². The van der Waals surface area contributed by atoms with E-state index in [4.69, 9.17) is 14.2 Å². The first-order chi connectivity index (χ1) is 15.7. The minimum atomic E-state index is -0.236. The fourth-order valence-corrected chi connectivity index (χ4v) is 3.54. The Morgan fingerprint density at radius 1 is 1.18 bits per heavy atom. The Labute approximate surface area is 211 Å². The molecule has 0 radical (unpaired) electrons. The van der Waals surface area contributed by atoms with Gasteiger partial charge in [0.1, 0.15) is 12.4 Å². The number of ether oxygens (including phenoxy) is 3. The fraction of sp³-hybridized carbons (Fsp3) is 0.478. The second-order valence-electron chi connectivity index (χ2n) is 7.33. The SMILES string of the molecule is CN=C(NCc1cccnc1OCCOC)NCC(c1ccc(F)cc1)N1CCOCC1.I. The zero-order chi connectivity index (χ0) is 22.6. The van der Waals surface area contributed by atoms with Crippen LogP contribution >= 0.6 is 24.0 Å². The highest BCUT2D eigenvalue weighted by Crippen LogP contribution is 2.21. The molecule has 3 rings (SSSR count). The Morgan fingerprint density at radius 2 is 1.94 bits per heavy atom. The van der Waals surface area contributed by atoms with Crippen molar-refractivity contribution in [3.8, 4) is 5.88 Å². The summed E-state index contributed by atoms with van der Waals surface area (Å²) in [5.74, 6) is 1.00. The molecule has 0 bridgehead atoms. The average molecular weight is 573 g/mol. The third-order valence-corrected chi connectivity index (χ3v) is 5.25. The first-order valence-corrected chi connectivity index (χ1v) is 10.8. The van der Waals surface area contributed by atoms with Gasteiger partial charge in [0, 0.05) is 52.1 Å². The topological polar surface area (TPSA) is 80.2 Å². The molecule has 0 amide bonds. The van der Waals surface area contributed by atoms with E-state index >= 15 is 0 Å². The van der Waals surface area contributed by atoms with Gasteiger partial charge in [0.2, 0.25) is 5.88 Å². The molecule has 1 fully saturated rings. The maximum Gasteiger partial charge on any atom is 0.218 e. The van der Waals surface area contributed by atoms with Crippen molar-refractivity contribution in [2.45, 2.75) is 12.6 Å². The van der Waals surface area contributed by atoms with Crippen LogP contribution in [0.3, 0.4) is 0 Å². The van der Waals surface area contributed by atoms with Gasteiger partial charge in [0.25, 0.3) is 0 Å². The molecule has 1 aromatic carbocycles. The summed E-state index contributed by atoms with van der Waals surface area (Å²) in [6.45, 7) is 5.10. The first-order valence-electron chi connectivity index (χ1n) is 10.8. The number of aliphatic imine (C=N–C) groups is 1. The fourth-order valence-electron chi connectivity index (χ4n) is 3.54. The summed E-state index contributed by atoms with van der Waals surface area (Å²) < 4.78 is 29.7. The van der Waals surface area contributed by atoms with Gasteiger partial charge in [0.05, 0.1) is 25.9 Å². The van der Waals surface area contributed by atoms with Crippen molar-refractivity contribution >= 4 is 29.9 Å². The van der Waals surface area contributed by atoms with E-state index in [1.54, 1.807) is 20.4 Å². The van der Waals surface area contributed by atoms with E-state index in [1.807, 2.05) is 24.3 Å². The van der Waals surface area contributed by atoms with Crippen molar-refractivity contribution in [1.82, 2.24) is 20.5 Å². The van der Waals surface area contributed by atoms with Crippen LogP contribution in [-0.2, 0) is 16.0 Å². The number of methoxy groups -OCH3 is 1. The number of nitrogens with one attached hydrogen (secondary N) is 2. The first kappa shape index (κ1) is 27.2. The van der Waals surface area contributed by atoms with E-state index in [9.17, 15) is 4.39 Å². The summed E-state index contributed by atoms with van der Waals surface area (Å²) in [4.78, 5) is 11.0. The van der Waals surface area contributed by atoms with Crippen LogP contribution in [0, 0.1) is 5.82 Å². The van der Waals surface area contributed by atoms with Crippen molar-refractivity contribution in [1.29, 1.82) is 0 Å². The summed E-state index contributed by atoms with van der Waals surface area (Å²) in [6.07, 6.45) is 1.70. The van der Waals surface area contributed by atoms with Crippen molar-refractivity contribution in [2.24, 2.45) is 4.99 Å². The molecule has 8 nitrogen and oxygen atoms in total. The van der Waals surface area contributed by atoms with E-state index in [2.05, 4.69) is 25.5 Å². The normalized spacial score (nSPS) is 15.4. The summed E-state index contributed by atoms with van der Waals surface area (Å²) in [5.41, 5.74) is 1.98.